The summed E-state index contributed by atoms with van der Waals surface area (Å²) < 4.78 is 5.87. The zero-order valence-electron chi connectivity index (χ0n) is 11.4. The molecule has 0 radical (unpaired) electrons. The topological polar surface area (TPSA) is 9.23 Å². The van der Waals surface area contributed by atoms with Crippen LogP contribution in [0.5, 0.6) is 11.5 Å². The van der Waals surface area contributed by atoms with E-state index in [-0.39, 0.29) is 0 Å². The van der Waals surface area contributed by atoms with Gasteiger partial charge >= 0.3 is 0 Å². The van der Waals surface area contributed by atoms with E-state index in [0.717, 1.165) is 11.5 Å². The third-order valence-electron chi connectivity index (χ3n) is 3.16. The molecule has 0 atom stereocenters. The summed E-state index contributed by atoms with van der Waals surface area (Å²) >= 11 is 0. The number of hydrogen-bond donors (Lipinski definition) is 0. The normalized spacial score (nSPS) is 10.2. The molecule has 20 heavy (non-hydrogen) atoms. The summed E-state index contributed by atoms with van der Waals surface area (Å²) in [7, 11) is 0. The summed E-state index contributed by atoms with van der Waals surface area (Å²) in [6, 6.07) is 26.5. The lowest BCUT2D eigenvalue weighted by Crippen LogP contribution is -1.85. The Morgan fingerprint density at radius 3 is 2.00 bits per heavy atom. The molecular formula is C19H16O. The van der Waals surface area contributed by atoms with Gasteiger partial charge in [-0.15, -0.1) is 0 Å². The predicted octanol–water partition coefficient (Wildman–Crippen LogP) is 5.45. The Bertz CT molecular complexity index is 702. The molecule has 0 heterocycles. The summed E-state index contributed by atoms with van der Waals surface area (Å²) in [5.41, 5.74) is 3.64. The van der Waals surface area contributed by atoms with E-state index in [1.165, 1.54) is 16.7 Å². The number of hydrogen-bond acceptors (Lipinski definition) is 1. The van der Waals surface area contributed by atoms with Crippen molar-refractivity contribution in [2.75, 3.05) is 0 Å². The highest BCUT2D eigenvalue weighted by molar-refractivity contribution is 5.65. The van der Waals surface area contributed by atoms with Crippen LogP contribution in [-0.4, -0.2) is 0 Å². The zero-order valence-corrected chi connectivity index (χ0v) is 11.4. The molecule has 0 aromatic heterocycles. The van der Waals surface area contributed by atoms with Gasteiger partial charge in [0, 0.05) is 0 Å². The first-order valence-corrected chi connectivity index (χ1v) is 6.71. The Morgan fingerprint density at radius 2 is 1.25 bits per heavy atom. The number of ether oxygens (including phenoxy) is 1. The molecule has 0 aliphatic carbocycles. The van der Waals surface area contributed by atoms with Crippen molar-refractivity contribution in [3.8, 4) is 22.6 Å². The fraction of sp³-hybridized carbons (Fsp3) is 0.0526. The van der Waals surface area contributed by atoms with Crippen molar-refractivity contribution in [3.63, 3.8) is 0 Å². The number of para-hydroxylation sites is 1. The molecule has 0 unspecified atom stereocenters. The quantitative estimate of drug-likeness (QED) is 0.608. The van der Waals surface area contributed by atoms with E-state index in [9.17, 15) is 0 Å². The molecule has 0 fully saturated rings. The van der Waals surface area contributed by atoms with E-state index in [1.807, 2.05) is 42.5 Å². The Labute approximate surface area is 119 Å². The first kappa shape index (κ1) is 12.5. The Morgan fingerprint density at radius 1 is 0.600 bits per heavy atom. The largest absolute Gasteiger partial charge is 0.457 e. The summed E-state index contributed by atoms with van der Waals surface area (Å²) in [4.78, 5) is 0. The number of rotatable bonds is 3. The van der Waals surface area contributed by atoms with Crippen LogP contribution in [0.1, 0.15) is 5.56 Å². The minimum Gasteiger partial charge on any atom is -0.457 e. The SMILES string of the molecule is Cc1cccc(-c2cccc(Oc3ccccc3)c2)c1. The van der Waals surface area contributed by atoms with Crippen molar-refractivity contribution < 1.29 is 4.74 Å². The van der Waals surface area contributed by atoms with Crippen LogP contribution >= 0.6 is 0 Å². The van der Waals surface area contributed by atoms with Crippen LogP contribution in [0.25, 0.3) is 11.1 Å². The van der Waals surface area contributed by atoms with E-state index in [4.69, 9.17) is 4.74 Å². The van der Waals surface area contributed by atoms with E-state index in [2.05, 4.69) is 43.3 Å². The minimum atomic E-state index is 0.855. The molecule has 0 aliphatic heterocycles. The van der Waals surface area contributed by atoms with Crippen LogP contribution in [-0.2, 0) is 0 Å². The third kappa shape index (κ3) is 2.89. The van der Waals surface area contributed by atoms with E-state index >= 15 is 0 Å². The standard InChI is InChI=1S/C19H16O/c1-15-7-5-8-16(13-15)17-9-6-12-19(14-17)20-18-10-3-2-4-11-18/h2-14H,1H3. The van der Waals surface area contributed by atoms with Crippen LogP contribution in [0.2, 0.25) is 0 Å². The lowest BCUT2D eigenvalue weighted by atomic mass is 10.0. The molecule has 1 heteroatoms. The summed E-state index contributed by atoms with van der Waals surface area (Å²) in [5, 5.41) is 0. The van der Waals surface area contributed by atoms with Gasteiger partial charge in [0.25, 0.3) is 0 Å². The van der Waals surface area contributed by atoms with Gasteiger partial charge in [0.2, 0.25) is 0 Å². The zero-order chi connectivity index (χ0) is 13.8. The maximum absolute atomic E-state index is 5.87. The average molecular weight is 260 g/mol. The van der Waals surface area contributed by atoms with Gasteiger partial charge < -0.3 is 4.74 Å². The van der Waals surface area contributed by atoms with Crippen molar-refractivity contribution in [1.82, 2.24) is 0 Å². The van der Waals surface area contributed by atoms with Crippen molar-refractivity contribution in [1.29, 1.82) is 0 Å². The number of aryl methyl sites for hydroxylation is 1. The van der Waals surface area contributed by atoms with Gasteiger partial charge in [-0.2, -0.15) is 0 Å². The third-order valence-corrected chi connectivity index (χ3v) is 3.16. The molecule has 3 aromatic rings. The molecule has 0 saturated carbocycles. The van der Waals surface area contributed by atoms with Gasteiger partial charge in [-0.05, 0) is 42.3 Å². The Balaban J connectivity index is 1.90. The maximum Gasteiger partial charge on any atom is 0.128 e. The van der Waals surface area contributed by atoms with Crippen LogP contribution in [0.15, 0.2) is 78.9 Å². The fourth-order valence-corrected chi connectivity index (χ4v) is 2.19. The molecular weight excluding hydrogens is 244 g/mol. The van der Waals surface area contributed by atoms with Crippen LogP contribution in [0.3, 0.4) is 0 Å². The molecule has 0 saturated heterocycles. The lowest BCUT2D eigenvalue weighted by Gasteiger charge is -2.08. The smallest absolute Gasteiger partial charge is 0.128 e. The van der Waals surface area contributed by atoms with Crippen molar-refractivity contribution in [2.45, 2.75) is 6.92 Å². The predicted molar refractivity (Wildman–Crippen MR) is 83.1 cm³/mol. The maximum atomic E-state index is 5.87. The summed E-state index contributed by atoms with van der Waals surface area (Å²) in [6.45, 7) is 2.10. The van der Waals surface area contributed by atoms with Gasteiger partial charge in [-0.25, -0.2) is 0 Å². The highest BCUT2D eigenvalue weighted by Crippen LogP contribution is 2.27. The fourth-order valence-electron chi connectivity index (χ4n) is 2.19. The highest BCUT2D eigenvalue weighted by atomic mass is 16.5. The van der Waals surface area contributed by atoms with Crippen LogP contribution < -0.4 is 4.74 Å². The highest BCUT2D eigenvalue weighted by Gasteiger charge is 2.01. The van der Waals surface area contributed by atoms with Crippen molar-refractivity contribution in [3.05, 3.63) is 84.4 Å². The number of benzene rings is 3. The van der Waals surface area contributed by atoms with Gasteiger partial charge in [-0.3, -0.25) is 0 Å². The second-order valence-corrected chi connectivity index (χ2v) is 4.81. The molecule has 98 valence electrons. The molecule has 0 aliphatic rings. The molecule has 0 N–H and O–H groups in total. The second kappa shape index (κ2) is 5.62. The summed E-state index contributed by atoms with van der Waals surface area (Å²) in [6.07, 6.45) is 0. The van der Waals surface area contributed by atoms with Gasteiger partial charge in [0.05, 0.1) is 0 Å². The minimum absolute atomic E-state index is 0.855. The molecule has 3 rings (SSSR count). The van der Waals surface area contributed by atoms with Crippen LogP contribution in [0.4, 0.5) is 0 Å². The van der Waals surface area contributed by atoms with Crippen molar-refractivity contribution in [2.24, 2.45) is 0 Å². The molecule has 0 bridgehead atoms. The summed E-state index contributed by atoms with van der Waals surface area (Å²) in [5.74, 6) is 1.71. The molecule has 1 nitrogen and oxygen atoms in total. The first-order valence-electron chi connectivity index (χ1n) is 6.71. The molecule has 3 aromatic carbocycles. The van der Waals surface area contributed by atoms with E-state index < -0.39 is 0 Å². The van der Waals surface area contributed by atoms with Crippen molar-refractivity contribution >= 4 is 0 Å². The van der Waals surface area contributed by atoms with Gasteiger partial charge in [0.15, 0.2) is 0 Å². The Kier molecular flexibility index (Phi) is 3.51. The first-order chi connectivity index (χ1) is 9.81. The average Bonchev–Trinajstić information content (AvgIpc) is 2.49. The monoisotopic (exact) mass is 260 g/mol. The lowest BCUT2D eigenvalue weighted by molar-refractivity contribution is 0.483. The van der Waals surface area contributed by atoms with Gasteiger partial charge in [0.1, 0.15) is 11.5 Å². The van der Waals surface area contributed by atoms with E-state index in [1.54, 1.807) is 0 Å². The Hall–Kier alpha value is -2.54. The molecule has 0 spiro atoms. The van der Waals surface area contributed by atoms with E-state index in [0.29, 0.717) is 0 Å². The second-order valence-electron chi connectivity index (χ2n) is 4.81. The van der Waals surface area contributed by atoms with Crippen LogP contribution in [0, 0.1) is 6.92 Å². The van der Waals surface area contributed by atoms with Gasteiger partial charge in [-0.1, -0.05) is 60.2 Å². The molecule has 0 amide bonds.